The van der Waals surface area contributed by atoms with Crippen molar-refractivity contribution in [2.24, 2.45) is 0 Å². The summed E-state index contributed by atoms with van der Waals surface area (Å²) in [6.07, 6.45) is -4.51. The van der Waals surface area contributed by atoms with Crippen molar-refractivity contribution in [2.75, 3.05) is 25.6 Å². The number of halogens is 3. The number of benzene rings is 1. The molecular weight excluding hydrogens is 295 g/mol. The lowest BCUT2D eigenvalue weighted by Crippen LogP contribution is -2.24. The summed E-state index contributed by atoms with van der Waals surface area (Å²) in [6.45, 7) is -2.30. The molecule has 0 aromatic heterocycles. The maximum atomic E-state index is 11.8. The molecule has 0 fully saturated rings. The molecule has 9 heteroatoms. The molecule has 0 saturated heterocycles. The molecule has 0 spiro atoms. The van der Waals surface area contributed by atoms with Crippen LogP contribution < -0.4 is 10.1 Å². The van der Waals surface area contributed by atoms with E-state index in [1.165, 1.54) is 25.3 Å². The second-order valence-corrected chi connectivity index (χ2v) is 3.88. The molecule has 0 atom stereocenters. The Morgan fingerprint density at radius 2 is 2.00 bits per heavy atom. The highest BCUT2D eigenvalue weighted by atomic mass is 19.4. The van der Waals surface area contributed by atoms with Crippen molar-refractivity contribution in [3.63, 3.8) is 0 Å². The number of hydrogen-bond acceptors (Lipinski definition) is 4. The van der Waals surface area contributed by atoms with Gasteiger partial charge in [-0.3, -0.25) is 4.79 Å². The first-order valence-corrected chi connectivity index (χ1v) is 5.58. The van der Waals surface area contributed by atoms with Gasteiger partial charge >= 0.3 is 12.1 Å². The molecular formula is C12H12F3NO5. The summed E-state index contributed by atoms with van der Waals surface area (Å²) in [5.74, 6) is -2.00. The number of amides is 1. The molecule has 0 aliphatic rings. The van der Waals surface area contributed by atoms with Crippen LogP contribution in [0.3, 0.4) is 0 Å². The Kier molecular flexibility index (Phi) is 5.53. The zero-order chi connectivity index (χ0) is 16.0. The number of rotatable bonds is 6. The molecule has 0 unspecified atom stereocenters. The first-order chi connectivity index (χ1) is 9.73. The predicted octanol–water partition coefficient (Wildman–Crippen LogP) is 1.91. The highest BCUT2D eigenvalue weighted by molar-refractivity contribution is 5.95. The van der Waals surface area contributed by atoms with Crippen LogP contribution in [0, 0.1) is 0 Å². The van der Waals surface area contributed by atoms with E-state index in [4.69, 9.17) is 9.84 Å². The van der Waals surface area contributed by atoms with Gasteiger partial charge in [0.05, 0.1) is 7.11 Å². The SMILES string of the molecule is COc1cc(NC(=O)COCC(F)(F)F)ccc1C(=O)O. The molecule has 116 valence electrons. The molecule has 21 heavy (non-hydrogen) atoms. The van der Waals surface area contributed by atoms with Crippen molar-refractivity contribution >= 4 is 17.6 Å². The number of aromatic carboxylic acids is 1. The third-order valence-electron chi connectivity index (χ3n) is 2.21. The Morgan fingerprint density at radius 1 is 1.33 bits per heavy atom. The summed E-state index contributed by atoms with van der Waals surface area (Å²) in [6, 6.07) is 3.73. The highest BCUT2D eigenvalue weighted by Gasteiger charge is 2.27. The van der Waals surface area contributed by atoms with Crippen molar-refractivity contribution in [1.29, 1.82) is 0 Å². The van der Waals surface area contributed by atoms with Crippen LogP contribution in [0.15, 0.2) is 18.2 Å². The Balaban J connectivity index is 2.62. The Morgan fingerprint density at radius 3 is 2.52 bits per heavy atom. The number of alkyl halides is 3. The number of nitrogens with one attached hydrogen (secondary N) is 1. The summed E-state index contributed by atoms with van der Waals surface area (Å²) < 4.78 is 44.5. The van der Waals surface area contributed by atoms with E-state index in [0.717, 1.165) is 0 Å². The lowest BCUT2D eigenvalue weighted by atomic mass is 10.2. The molecule has 0 heterocycles. The number of carbonyl (C=O) groups excluding carboxylic acids is 1. The maximum Gasteiger partial charge on any atom is 0.411 e. The topological polar surface area (TPSA) is 84.9 Å². The van der Waals surface area contributed by atoms with Crippen LogP contribution in [0.4, 0.5) is 18.9 Å². The van der Waals surface area contributed by atoms with E-state index in [1.807, 2.05) is 0 Å². The number of hydrogen-bond donors (Lipinski definition) is 2. The van der Waals surface area contributed by atoms with Crippen molar-refractivity contribution < 1.29 is 37.3 Å². The molecule has 0 radical (unpaired) electrons. The smallest absolute Gasteiger partial charge is 0.411 e. The van der Waals surface area contributed by atoms with E-state index in [1.54, 1.807) is 0 Å². The van der Waals surface area contributed by atoms with Crippen LogP contribution in [-0.4, -0.2) is 43.5 Å². The second kappa shape index (κ2) is 6.93. The molecule has 6 nitrogen and oxygen atoms in total. The third kappa shape index (κ3) is 5.69. The Bertz CT molecular complexity index is 530. The average Bonchev–Trinajstić information content (AvgIpc) is 2.36. The van der Waals surface area contributed by atoms with Crippen LogP contribution in [0.25, 0.3) is 0 Å². The summed E-state index contributed by atoms with van der Waals surface area (Å²) in [5, 5.41) is 11.1. The minimum Gasteiger partial charge on any atom is -0.496 e. The van der Waals surface area contributed by atoms with Gasteiger partial charge in [-0.2, -0.15) is 13.2 Å². The van der Waals surface area contributed by atoms with Crippen molar-refractivity contribution in [2.45, 2.75) is 6.18 Å². The molecule has 0 aliphatic carbocycles. The molecule has 1 rings (SSSR count). The molecule has 2 N–H and O–H groups in total. The molecule has 1 aromatic carbocycles. The minimum absolute atomic E-state index is 0.0107. The monoisotopic (exact) mass is 307 g/mol. The zero-order valence-electron chi connectivity index (χ0n) is 10.9. The van der Waals surface area contributed by atoms with E-state index in [0.29, 0.717) is 0 Å². The highest BCUT2D eigenvalue weighted by Crippen LogP contribution is 2.23. The lowest BCUT2D eigenvalue weighted by Gasteiger charge is -2.10. The van der Waals surface area contributed by atoms with Gasteiger partial charge in [0.2, 0.25) is 5.91 Å². The van der Waals surface area contributed by atoms with Crippen LogP contribution in [0.1, 0.15) is 10.4 Å². The van der Waals surface area contributed by atoms with Gasteiger partial charge in [0, 0.05) is 11.8 Å². The van der Waals surface area contributed by atoms with Gasteiger partial charge < -0.3 is 19.9 Å². The number of anilines is 1. The van der Waals surface area contributed by atoms with E-state index >= 15 is 0 Å². The van der Waals surface area contributed by atoms with E-state index in [2.05, 4.69) is 10.1 Å². The van der Waals surface area contributed by atoms with Crippen molar-refractivity contribution in [3.8, 4) is 5.75 Å². The van der Waals surface area contributed by atoms with Gasteiger partial charge in [-0.25, -0.2) is 4.79 Å². The first-order valence-electron chi connectivity index (χ1n) is 5.58. The van der Waals surface area contributed by atoms with Gasteiger partial charge in [-0.1, -0.05) is 0 Å². The molecule has 0 saturated carbocycles. The number of carboxylic acids is 1. The summed E-state index contributed by atoms with van der Waals surface area (Å²) in [5.41, 5.74) is 0.0706. The Hall–Kier alpha value is -2.29. The van der Waals surface area contributed by atoms with Crippen LogP contribution in [0.2, 0.25) is 0 Å². The maximum absolute atomic E-state index is 11.8. The average molecular weight is 307 g/mol. The van der Waals surface area contributed by atoms with Crippen LogP contribution >= 0.6 is 0 Å². The quantitative estimate of drug-likeness (QED) is 0.838. The van der Waals surface area contributed by atoms with Gasteiger partial charge in [-0.05, 0) is 12.1 Å². The fourth-order valence-corrected chi connectivity index (χ4v) is 1.40. The fraction of sp³-hybridized carbons (Fsp3) is 0.333. The Labute approximate surface area is 117 Å². The summed E-state index contributed by atoms with van der Waals surface area (Å²) in [7, 11) is 1.25. The summed E-state index contributed by atoms with van der Waals surface area (Å²) >= 11 is 0. The van der Waals surface area contributed by atoms with Gasteiger partial charge in [-0.15, -0.1) is 0 Å². The van der Waals surface area contributed by atoms with E-state index < -0.39 is 31.3 Å². The van der Waals surface area contributed by atoms with Gasteiger partial charge in [0.25, 0.3) is 0 Å². The van der Waals surface area contributed by atoms with Crippen LogP contribution in [-0.2, 0) is 9.53 Å². The van der Waals surface area contributed by atoms with Gasteiger partial charge in [0.15, 0.2) is 0 Å². The molecule has 1 aromatic rings. The zero-order valence-corrected chi connectivity index (χ0v) is 10.9. The predicted molar refractivity (Wildman–Crippen MR) is 65.5 cm³/mol. The first kappa shape index (κ1) is 16.8. The standard InChI is InChI=1S/C12H12F3NO5/c1-20-9-4-7(2-3-8(9)11(18)19)16-10(17)5-21-6-12(13,14)15/h2-4H,5-6H2,1H3,(H,16,17)(H,18,19). The molecule has 1 amide bonds. The van der Waals surface area contributed by atoms with E-state index in [9.17, 15) is 22.8 Å². The molecule has 0 aliphatic heterocycles. The van der Waals surface area contributed by atoms with Gasteiger partial charge in [0.1, 0.15) is 24.5 Å². The number of ether oxygens (including phenoxy) is 2. The second-order valence-electron chi connectivity index (χ2n) is 3.88. The third-order valence-corrected chi connectivity index (χ3v) is 2.21. The largest absolute Gasteiger partial charge is 0.496 e. The fourth-order valence-electron chi connectivity index (χ4n) is 1.40. The number of carboxylic acid groups (broad SMARTS) is 1. The normalized spacial score (nSPS) is 11.0. The number of methoxy groups -OCH3 is 1. The minimum atomic E-state index is -4.51. The summed E-state index contributed by atoms with van der Waals surface area (Å²) in [4.78, 5) is 22.2. The lowest BCUT2D eigenvalue weighted by molar-refractivity contribution is -0.174. The van der Waals surface area contributed by atoms with Crippen molar-refractivity contribution in [3.05, 3.63) is 23.8 Å². The van der Waals surface area contributed by atoms with Crippen LogP contribution in [0.5, 0.6) is 5.75 Å². The number of carbonyl (C=O) groups is 2. The molecule has 0 bridgehead atoms. The van der Waals surface area contributed by atoms with Crippen molar-refractivity contribution in [1.82, 2.24) is 0 Å². The van der Waals surface area contributed by atoms with E-state index in [-0.39, 0.29) is 17.0 Å².